The summed E-state index contributed by atoms with van der Waals surface area (Å²) in [6.07, 6.45) is 0. The molecule has 5 heteroatoms. The molecule has 0 spiro atoms. The molecule has 1 aromatic heterocycles. The standard InChI is InChI=1S/C14H14FNO3/c1-7-8(2)19-9(3)13(7)14(18)16-12-5-4-10(17)6-11(12)15/h4-6,17H,1-3H3,(H,16,18). The fourth-order valence-corrected chi connectivity index (χ4v) is 1.92. The van der Waals surface area contributed by atoms with Gasteiger partial charge in [0.05, 0.1) is 11.3 Å². The van der Waals surface area contributed by atoms with Crippen LogP contribution in [0.1, 0.15) is 27.4 Å². The normalized spacial score (nSPS) is 10.5. The Labute approximate surface area is 109 Å². The molecule has 0 bridgehead atoms. The summed E-state index contributed by atoms with van der Waals surface area (Å²) in [7, 11) is 0. The number of halogens is 1. The van der Waals surface area contributed by atoms with Gasteiger partial charge in [-0.3, -0.25) is 4.79 Å². The number of hydrogen-bond donors (Lipinski definition) is 2. The summed E-state index contributed by atoms with van der Waals surface area (Å²) in [6.45, 7) is 5.22. The van der Waals surface area contributed by atoms with Crippen LogP contribution in [-0.2, 0) is 0 Å². The van der Waals surface area contributed by atoms with Crippen LogP contribution in [0.2, 0.25) is 0 Å². The minimum Gasteiger partial charge on any atom is -0.508 e. The van der Waals surface area contributed by atoms with Crippen LogP contribution in [0.5, 0.6) is 5.75 Å². The molecule has 1 amide bonds. The smallest absolute Gasteiger partial charge is 0.259 e. The second-order valence-electron chi connectivity index (χ2n) is 4.33. The number of aromatic hydroxyl groups is 1. The van der Waals surface area contributed by atoms with Crippen molar-refractivity contribution in [2.75, 3.05) is 5.32 Å². The van der Waals surface area contributed by atoms with Crippen LogP contribution in [-0.4, -0.2) is 11.0 Å². The van der Waals surface area contributed by atoms with Crippen molar-refractivity contribution in [2.45, 2.75) is 20.8 Å². The van der Waals surface area contributed by atoms with Gasteiger partial charge in [0.2, 0.25) is 0 Å². The molecule has 4 nitrogen and oxygen atoms in total. The van der Waals surface area contributed by atoms with E-state index in [-0.39, 0.29) is 11.4 Å². The van der Waals surface area contributed by atoms with Crippen LogP contribution in [0, 0.1) is 26.6 Å². The predicted molar refractivity (Wildman–Crippen MR) is 68.9 cm³/mol. The van der Waals surface area contributed by atoms with Gasteiger partial charge in [0.1, 0.15) is 23.1 Å². The average Bonchev–Trinajstić information content (AvgIpc) is 2.57. The zero-order chi connectivity index (χ0) is 14.2. The number of carbonyl (C=O) groups excluding carboxylic acids is 1. The first kappa shape index (κ1) is 13.1. The van der Waals surface area contributed by atoms with Gasteiger partial charge in [0, 0.05) is 11.6 Å². The van der Waals surface area contributed by atoms with Crippen molar-refractivity contribution in [2.24, 2.45) is 0 Å². The predicted octanol–water partition coefficient (Wildman–Crippen LogP) is 3.30. The molecule has 100 valence electrons. The third-order valence-electron chi connectivity index (χ3n) is 2.99. The quantitative estimate of drug-likeness (QED) is 0.817. The van der Waals surface area contributed by atoms with E-state index in [4.69, 9.17) is 9.52 Å². The maximum absolute atomic E-state index is 13.5. The number of anilines is 1. The van der Waals surface area contributed by atoms with Crippen LogP contribution >= 0.6 is 0 Å². The molecule has 2 aromatic rings. The first-order valence-corrected chi connectivity index (χ1v) is 5.76. The van der Waals surface area contributed by atoms with E-state index in [1.807, 2.05) is 0 Å². The van der Waals surface area contributed by atoms with Gasteiger partial charge in [-0.1, -0.05) is 0 Å². The number of aryl methyl sites for hydroxylation is 2. The topological polar surface area (TPSA) is 62.5 Å². The number of phenolic OH excluding ortho intramolecular Hbond substituents is 1. The summed E-state index contributed by atoms with van der Waals surface area (Å²) in [5.41, 5.74) is 1.15. The van der Waals surface area contributed by atoms with Gasteiger partial charge in [0.25, 0.3) is 5.91 Å². The van der Waals surface area contributed by atoms with Crippen LogP contribution in [0.25, 0.3) is 0 Å². The highest BCUT2D eigenvalue weighted by Crippen LogP contribution is 2.24. The van der Waals surface area contributed by atoms with Crippen LogP contribution in [0.4, 0.5) is 10.1 Å². The Morgan fingerprint density at radius 2 is 1.95 bits per heavy atom. The van der Waals surface area contributed by atoms with Gasteiger partial charge in [-0.15, -0.1) is 0 Å². The summed E-state index contributed by atoms with van der Waals surface area (Å²) in [6, 6.07) is 3.55. The van der Waals surface area contributed by atoms with Crippen molar-refractivity contribution in [3.05, 3.63) is 46.7 Å². The molecule has 1 aromatic carbocycles. The third-order valence-corrected chi connectivity index (χ3v) is 2.99. The van der Waals surface area contributed by atoms with Crippen molar-refractivity contribution >= 4 is 11.6 Å². The highest BCUT2D eigenvalue weighted by atomic mass is 19.1. The Hall–Kier alpha value is -2.30. The van der Waals surface area contributed by atoms with Gasteiger partial charge in [-0.25, -0.2) is 4.39 Å². The van der Waals surface area contributed by atoms with E-state index in [9.17, 15) is 9.18 Å². The molecule has 0 saturated carbocycles. The summed E-state index contributed by atoms with van der Waals surface area (Å²) >= 11 is 0. The van der Waals surface area contributed by atoms with Crippen molar-refractivity contribution in [1.82, 2.24) is 0 Å². The Morgan fingerprint density at radius 1 is 1.26 bits per heavy atom. The summed E-state index contributed by atoms with van der Waals surface area (Å²) in [4.78, 5) is 12.1. The van der Waals surface area contributed by atoms with Gasteiger partial charge < -0.3 is 14.8 Å². The van der Waals surface area contributed by atoms with Gasteiger partial charge in [0.15, 0.2) is 0 Å². The summed E-state index contributed by atoms with van der Waals surface area (Å²) < 4.78 is 18.9. The summed E-state index contributed by atoms with van der Waals surface area (Å²) in [5.74, 6) is -0.164. The maximum atomic E-state index is 13.5. The highest BCUT2D eigenvalue weighted by Gasteiger charge is 2.19. The molecule has 2 rings (SSSR count). The lowest BCUT2D eigenvalue weighted by Crippen LogP contribution is -2.14. The molecule has 0 saturated heterocycles. The number of hydrogen-bond acceptors (Lipinski definition) is 3. The van der Waals surface area contributed by atoms with E-state index in [0.29, 0.717) is 17.1 Å². The average molecular weight is 263 g/mol. The lowest BCUT2D eigenvalue weighted by Gasteiger charge is -2.06. The Morgan fingerprint density at radius 3 is 2.47 bits per heavy atom. The Balaban J connectivity index is 2.31. The molecule has 0 radical (unpaired) electrons. The van der Waals surface area contributed by atoms with E-state index in [0.717, 1.165) is 11.6 Å². The number of furan rings is 1. The minimum absolute atomic E-state index is 0.0143. The Kier molecular flexibility index (Phi) is 3.29. The largest absolute Gasteiger partial charge is 0.508 e. The van der Waals surface area contributed by atoms with E-state index >= 15 is 0 Å². The number of rotatable bonds is 2. The molecule has 2 N–H and O–H groups in total. The fraction of sp³-hybridized carbons (Fsp3) is 0.214. The molecule has 0 aliphatic carbocycles. The van der Waals surface area contributed by atoms with Gasteiger partial charge in [-0.2, -0.15) is 0 Å². The van der Waals surface area contributed by atoms with E-state index < -0.39 is 11.7 Å². The molecular formula is C14H14FNO3. The van der Waals surface area contributed by atoms with E-state index in [2.05, 4.69) is 5.32 Å². The maximum Gasteiger partial charge on any atom is 0.259 e. The van der Waals surface area contributed by atoms with E-state index in [1.165, 1.54) is 12.1 Å². The molecule has 0 unspecified atom stereocenters. The molecule has 0 aliphatic rings. The molecule has 1 heterocycles. The highest BCUT2D eigenvalue weighted by molar-refractivity contribution is 6.06. The summed E-state index contributed by atoms with van der Waals surface area (Å²) in [5, 5.41) is 11.6. The van der Waals surface area contributed by atoms with Crippen molar-refractivity contribution in [3.63, 3.8) is 0 Å². The third kappa shape index (κ3) is 2.45. The second kappa shape index (κ2) is 4.76. The molecular weight excluding hydrogens is 249 g/mol. The molecule has 0 fully saturated rings. The first-order valence-electron chi connectivity index (χ1n) is 5.76. The van der Waals surface area contributed by atoms with Gasteiger partial charge >= 0.3 is 0 Å². The minimum atomic E-state index is -0.691. The number of carbonyl (C=O) groups is 1. The fourth-order valence-electron chi connectivity index (χ4n) is 1.92. The molecule has 19 heavy (non-hydrogen) atoms. The zero-order valence-corrected chi connectivity index (χ0v) is 10.9. The van der Waals surface area contributed by atoms with Crippen LogP contribution in [0.15, 0.2) is 22.6 Å². The van der Waals surface area contributed by atoms with E-state index in [1.54, 1.807) is 20.8 Å². The van der Waals surface area contributed by atoms with Crippen molar-refractivity contribution < 1.29 is 18.7 Å². The van der Waals surface area contributed by atoms with Crippen LogP contribution < -0.4 is 5.32 Å². The monoisotopic (exact) mass is 263 g/mol. The number of benzene rings is 1. The molecule has 0 atom stereocenters. The van der Waals surface area contributed by atoms with Crippen molar-refractivity contribution in [1.29, 1.82) is 0 Å². The van der Waals surface area contributed by atoms with Crippen LogP contribution in [0.3, 0.4) is 0 Å². The zero-order valence-electron chi connectivity index (χ0n) is 10.9. The number of nitrogens with one attached hydrogen (secondary N) is 1. The first-order chi connectivity index (χ1) is 8.90. The Bertz CT molecular complexity index is 646. The number of amides is 1. The number of phenols is 1. The second-order valence-corrected chi connectivity index (χ2v) is 4.33. The lowest BCUT2D eigenvalue weighted by atomic mass is 10.1. The van der Waals surface area contributed by atoms with Crippen molar-refractivity contribution in [3.8, 4) is 5.75 Å². The lowest BCUT2D eigenvalue weighted by molar-refractivity contribution is 0.102. The molecule has 0 aliphatic heterocycles. The SMILES string of the molecule is Cc1oc(C)c(C(=O)Nc2ccc(O)cc2F)c1C. The van der Waals surface area contributed by atoms with Gasteiger partial charge in [-0.05, 0) is 32.9 Å².